The Morgan fingerprint density at radius 1 is 1.24 bits per heavy atom. The minimum absolute atomic E-state index is 0.259. The van der Waals surface area contributed by atoms with Gasteiger partial charge in [0.05, 0.1) is 24.4 Å². The zero-order valence-electron chi connectivity index (χ0n) is 17.7. The molecule has 0 unspecified atom stereocenters. The van der Waals surface area contributed by atoms with E-state index in [4.69, 9.17) is 9.84 Å². The van der Waals surface area contributed by atoms with Crippen molar-refractivity contribution in [1.29, 1.82) is 0 Å². The summed E-state index contributed by atoms with van der Waals surface area (Å²) >= 11 is 0. The monoisotopic (exact) mass is 392 g/mol. The van der Waals surface area contributed by atoms with E-state index in [0.717, 1.165) is 35.4 Å². The highest BCUT2D eigenvalue weighted by Gasteiger charge is 2.38. The van der Waals surface area contributed by atoms with E-state index in [0.29, 0.717) is 28.6 Å². The fourth-order valence-electron chi connectivity index (χ4n) is 3.89. The van der Waals surface area contributed by atoms with Crippen molar-refractivity contribution in [2.24, 2.45) is 11.3 Å². The maximum Gasteiger partial charge on any atom is 0.274 e. The van der Waals surface area contributed by atoms with Crippen LogP contribution < -0.4 is 10.1 Å². The highest BCUT2D eigenvalue weighted by atomic mass is 16.5. The van der Waals surface area contributed by atoms with Crippen LogP contribution in [0.4, 0.5) is 5.69 Å². The van der Waals surface area contributed by atoms with Crippen molar-refractivity contribution in [1.82, 2.24) is 14.8 Å². The van der Waals surface area contributed by atoms with Crippen LogP contribution in [-0.4, -0.2) is 27.8 Å². The fraction of sp³-hybridized carbons (Fsp3) is 0.435. The largest absolute Gasteiger partial charge is 0.494 e. The van der Waals surface area contributed by atoms with Crippen LogP contribution >= 0.6 is 0 Å². The number of rotatable bonds is 4. The molecule has 4 rings (SSSR count). The number of aryl methyl sites for hydroxylation is 1. The topological polar surface area (TPSA) is 69.0 Å². The van der Waals surface area contributed by atoms with E-state index < -0.39 is 0 Å². The van der Waals surface area contributed by atoms with Gasteiger partial charge in [-0.15, -0.1) is 0 Å². The summed E-state index contributed by atoms with van der Waals surface area (Å²) in [6.07, 6.45) is 4.37. The molecule has 0 radical (unpaired) electrons. The van der Waals surface area contributed by atoms with Gasteiger partial charge in [0.25, 0.3) is 5.91 Å². The molecule has 29 heavy (non-hydrogen) atoms. The molecule has 0 saturated heterocycles. The molecule has 1 N–H and O–H groups in total. The molecule has 1 fully saturated rings. The van der Waals surface area contributed by atoms with Crippen molar-refractivity contribution in [2.45, 2.75) is 46.6 Å². The van der Waals surface area contributed by atoms with Crippen LogP contribution in [0.25, 0.3) is 10.9 Å². The fourth-order valence-corrected chi connectivity index (χ4v) is 3.89. The molecule has 1 amide bonds. The van der Waals surface area contributed by atoms with Crippen molar-refractivity contribution < 1.29 is 9.53 Å². The zero-order chi connectivity index (χ0) is 20.8. The molecule has 2 aromatic heterocycles. The smallest absolute Gasteiger partial charge is 0.274 e. The van der Waals surface area contributed by atoms with Gasteiger partial charge < -0.3 is 10.1 Å². The number of pyridine rings is 1. The third-order valence-corrected chi connectivity index (χ3v) is 5.92. The first-order valence-electron chi connectivity index (χ1n) is 10.1. The third-order valence-electron chi connectivity index (χ3n) is 5.92. The number of nitrogens with one attached hydrogen (secondary N) is 1. The summed E-state index contributed by atoms with van der Waals surface area (Å²) in [7, 11) is 1.60. The van der Waals surface area contributed by atoms with Gasteiger partial charge in [-0.05, 0) is 49.3 Å². The molecule has 6 nitrogen and oxygen atoms in total. The van der Waals surface area contributed by atoms with E-state index in [2.05, 4.69) is 42.0 Å². The summed E-state index contributed by atoms with van der Waals surface area (Å²) in [5, 5.41) is 8.67. The molecule has 0 atom stereocenters. The zero-order valence-corrected chi connectivity index (χ0v) is 17.7. The van der Waals surface area contributed by atoms with E-state index in [-0.39, 0.29) is 5.91 Å². The highest BCUT2D eigenvalue weighted by Crippen LogP contribution is 2.47. The molecule has 6 heteroatoms. The van der Waals surface area contributed by atoms with Gasteiger partial charge >= 0.3 is 0 Å². The van der Waals surface area contributed by atoms with E-state index >= 15 is 0 Å². The summed E-state index contributed by atoms with van der Waals surface area (Å²) in [5.74, 6) is 1.06. The second-order valence-electron chi connectivity index (χ2n) is 9.03. The van der Waals surface area contributed by atoms with Gasteiger partial charge in [0.1, 0.15) is 11.4 Å². The number of amides is 1. The molecule has 0 spiro atoms. The number of carbonyl (C=O) groups excluding carboxylic acids is 1. The normalized spacial score (nSPS) is 19.1. The molecule has 1 aromatic carbocycles. The molecule has 1 aliphatic carbocycles. The van der Waals surface area contributed by atoms with Crippen LogP contribution in [0.1, 0.15) is 55.8 Å². The summed E-state index contributed by atoms with van der Waals surface area (Å²) < 4.78 is 7.57. The number of methoxy groups -OCH3 is 1. The lowest BCUT2D eigenvalue weighted by Crippen LogP contribution is -2.35. The summed E-state index contributed by atoms with van der Waals surface area (Å²) in [6, 6.07) is 9.63. The highest BCUT2D eigenvalue weighted by molar-refractivity contribution is 6.05. The minimum Gasteiger partial charge on any atom is -0.494 e. The first kappa shape index (κ1) is 19.4. The number of fused-ring (bicyclic) bond motifs is 1. The number of hydrogen-bond donors (Lipinski definition) is 1. The maximum atomic E-state index is 12.6. The van der Waals surface area contributed by atoms with Crippen molar-refractivity contribution in [2.75, 3.05) is 12.4 Å². The van der Waals surface area contributed by atoms with Crippen LogP contribution in [0.2, 0.25) is 0 Å². The number of nitrogens with zero attached hydrogens (tertiary/aromatic N) is 3. The summed E-state index contributed by atoms with van der Waals surface area (Å²) in [6.45, 7) is 8.77. The Balaban J connectivity index is 1.58. The van der Waals surface area contributed by atoms with E-state index in [1.54, 1.807) is 13.2 Å². The molecule has 2 heterocycles. The summed E-state index contributed by atoms with van der Waals surface area (Å²) in [5.41, 5.74) is 3.01. The van der Waals surface area contributed by atoms with Crippen LogP contribution in [0.5, 0.6) is 5.75 Å². The molecule has 0 bridgehead atoms. The van der Waals surface area contributed by atoms with Crippen LogP contribution in [-0.2, 0) is 0 Å². The predicted molar refractivity (Wildman–Crippen MR) is 114 cm³/mol. The van der Waals surface area contributed by atoms with Crippen molar-refractivity contribution in [3.63, 3.8) is 0 Å². The Morgan fingerprint density at radius 3 is 2.66 bits per heavy atom. The number of ether oxygens (including phenoxy) is 1. The molecular weight excluding hydrogens is 364 g/mol. The predicted octanol–water partition coefficient (Wildman–Crippen LogP) is 5.00. The Bertz CT molecular complexity index is 1060. The lowest BCUT2D eigenvalue weighted by molar-refractivity contribution is 0.0757. The van der Waals surface area contributed by atoms with Gasteiger partial charge in [-0.3, -0.25) is 9.48 Å². The molecule has 152 valence electrons. The molecule has 1 saturated carbocycles. The second kappa shape index (κ2) is 7.17. The van der Waals surface area contributed by atoms with Gasteiger partial charge in [0, 0.05) is 23.3 Å². The quantitative estimate of drug-likeness (QED) is 0.678. The SMILES string of the molecule is COc1cc2nn(C3CC(C(C)(C)C)C3)cc2cc1NC(=O)c1cccc(C)n1. The molecule has 1 aliphatic rings. The first-order chi connectivity index (χ1) is 13.7. The van der Waals surface area contributed by atoms with Crippen LogP contribution in [0, 0.1) is 18.3 Å². The van der Waals surface area contributed by atoms with E-state index in [9.17, 15) is 4.79 Å². The van der Waals surface area contributed by atoms with Gasteiger partial charge in [0.2, 0.25) is 0 Å². The van der Waals surface area contributed by atoms with Crippen molar-refractivity contribution in [3.8, 4) is 5.75 Å². The van der Waals surface area contributed by atoms with E-state index in [1.165, 1.54) is 0 Å². The third kappa shape index (κ3) is 3.84. The van der Waals surface area contributed by atoms with Crippen molar-refractivity contribution >= 4 is 22.5 Å². The number of hydrogen-bond acceptors (Lipinski definition) is 4. The Morgan fingerprint density at radius 2 is 2.00 bits per heavy atom. The average molecular weight is 393 g/mol. The Labute approximate surface area is 171 Å². The van der Waals surface area contributed by atoms with Crippen LogP contribution in [0.3, 0.4) is 0 Å². The number of benzene rings is 1. The van der Waals surface area contributed by atoms with Gasteiger partial charge in [-0.25, -0.2) is 4.98 Å². The minimum atomic E-state index is -0.259. The first-order valence-corrected chi connectivity index (χ1v) is 10.1. The second-order valence-corrected chi connectivity index (χ2v) is 9.03. The molecule has 3 aromatic rings. The van der Waals surface area contributed by atoms with Crippen molar-refractivity contribution in [3.05, 3.63) is 47.9 Å². The Hall–Kier alpha value is -2.89. The van der Waals surface area contributed by atoms with Crippen LogP contribution in [0.15, 0.2) is 36.5 Å². The number of aromatic nitrogens is 3. The van der Waals surface area contributed by atoms with E-state index in [1.807, 2.05) is 31.2 Å². The standard InChI is InChI=1S/C23H28N4O2/c1-14-7-6-8-18(24-14)22(28)25-20-9-15-13-27(26-19(15)12-21(20)29-5)17-10-16(11-17)23(2,3)4/h6-9,12-13,16-17H,10-11H2,1-5H3,(H,25,28). The average Bonchev–Trinajstić information content (AvgIpc) is 3.00. The number of carbonyl (C=O) groups is 1. The lowest BCUT2D eigenvalue weighted by atomic mass is 9.66. The Kier molecular flexibility index (Phi) is 4.81. The lowest BCUT2D eigenvalue weighted by Gasteiger charge is -2.43. The molecular formula is C23H28N4O2. The maximum absolute atomic E-state index is 12.6. The molecule has 0 aliphatic heterocycles. The summed E-state index contributed by atoms with van der Waals surface area (Å²) in [4.78, 5) is 16.9. The van der Waals surface area contributed by atoms with Gasteiger partial charge in [-0.1, -0.05) is 26.8 Å². The number of anilines is 1. The van der Waals surface area contributed by atoms with Gasteiger partial charge in [0.15, 0.2) is 0 Å². The van der Waals surface area contributed by atoms with Gasteiger partial charge in [-0.2, -0.15) is 5.10 Å².